The molecule has 0 heterocycles. The van der Waals surface area contributed by atoms with Gasteiger partial charge in [-0.1, -0.05) is 0 Å². The van der Waals surface area contributed by atoms with Crippen molar-refractivity contribution in [2.45, 2.75) is 37.8 Å². The van der Waals surface area contributed by atoms with Gasteiger partial charge in [0.25, 0.3) is 5.69 Å². The summed E-state index contributed by atoms with van der Waals surface area (Å²) in [4.78, 5) is 12.7. The second-order valence-electron chi connectivity index (χ2n) is 5.33. The van der Waals surface area contributed by atoms with E-state index in [1.807, 2.05) is 13.1 Å². The molecule has 0 aliphatic heterocycles. The van der Waals surface area contributed by atoms with E-state index in [0.717, 1.165) is 31.4 Å². The molecule has 1 aromatic rings. The van der Waals surface area contributed by atoms with Crippen molar-refractivity contribution in [2.75, 3.05) is 19.1 Å². The SMILES string of the molecule is COc1cc(N(C)C2CCC(N)CC2)cc([N+](=O)[O-])c1. The monoisotopic (exact) mass is 279 g/mol. The molecular weight excluding hydrogens is 258 g/mol. The second-order valence-corrected chi connectivity index (χ2v) is 5.33. The van der Waals surface area contributed by atoms with Crippen LogP contribution in [0.3, 0.4) is 0 Å². The average molecular weight is 279 g/mol. The number of nitro groups is 1. The minimum Gasteiger partial charge on any atom is -0.496 e. The van der Waals surface area contributed by atoms with Gasteiger partial charge in [-0.3, -0.25) is 10.1 Å². The third-order valence-electron chi connectivity index (χ3n) is 4.02. The van der Waals surface area contributed by atoms with Gasteiger partial charge in [0, 0.05) is 37.0 Å². The molecule has 2 N–H and O–H groups in total. The predicted molar refractivity (Wildman–Crippen MR) is 78.3 cm³/mol. The smallest absolute Gasteiger partial charge is 0.275 e. The van der Waals surface area contributed by atoms with Crippen LogP contribution in [0.4, 0.5) is 11.4 Å². The topological polar surface area (TPSA) is 81.6 Å². The van der Waals surface area contributed by atoms with Crippen LogP contribution in [0.5, 0.6) is 5.75 Å². The molecule has 0 radical (unpaired) electrons. The molecule has 1 aromatic carbocycles. The van der Waals surface area contributed by atoms with Crippen LogP contribution in [0.2, 0.25) is 0 Å². The number of nitrogens with two attached hydrogens (primary N) is 1. The molecule has 6 nitrogen and oxygen atoms in total. The number of benzene rings is 1. The number of non-ortho nitro benzene ring substituents is 1. The highest BCUT2D eigenvalue weighted by molar-refractivity contribution is 5.58. The third-order valence-corrected chi connectivity index (χ3v) is 4.02. The Balaban J connectivity index is 2.22. The predicted octanol–water partition coefficient (Wildman–Crippen LogP) is 2.31. The molecule has 1 fully saturated rings. The second kappa shape index (κ2) is 6.09. The van der Waals surface area contributed by atoms with Crippen LogP contribution >= 0.6 is 0 Å². The number of ether oxygens (including phenoxy) is 1. The maximum Gasteiger partial charge on any atom is 0.275 e. The van der Waals surface area contributed by atoms with E-state index in [4.69, 9.17) is 10.5 Å². The Hall–Kier alpha value is -1.82. The Morgan fingerprint density at radius 3 is 2.50 bits per heavy atom. The first kappa shape index (κ1) is 14.6. The first-order chi connectivity index (χ1) is 9.51. The van der Waals surface area contributed by atoms with Crippen molar-refractivity contribution >= 4 is 11.4 Å². The molecule has 6 heteroatoms. The summed E-state index contributed by atoms with van der Waals surface area (Å²) in [6.07, 6.45) is 4.04. The van der Waals surface area contributed by atoms with Crippen molar-refractivity contribution in [1.82, 2.24) is 0 Å². The highest BCUT2D eigenvalue weighted by atomic mass is 16.6. The molecule has 1 saturated carbocycles. The Kier molecular flexibility index (Phi) is 4.44. The van der Waals surface area contributed by atoms with E-state index in [1.165, 1.54) is 13.2 Å². The van der Waals surface area contributed by atoms with Gasteiger partial charge in [-0.25, -0.2) is 0 Å². The summed E-state index contributed by atoms with van der Waals surface area (Å²) in [5.74, 6) is 0.508. The van der Waals surface area contributed by atoms with Gasteiger partial charge in [0.2, 0.25) is 0 Å². The normalized spacial score (nSPS) is 22.4. The van der Waals surface area contributed by atoms with Crippen LogP contribution in [0.15, 0.2) is 18.2 Å². The zero-order valence-electron chi connectivity index (χ0n) is 11.9. The van der Waals surface area contributed by atoms with E-state index in [0.29, 0.717) is 17.8 Å². The van der Waals surface area contributed by atoms with Crippen LogP contribution in [-0.2, 0) is 0 Å². The van der Waals surface area contributed by atoms with Crippen LogP contribution in [0, 0.1) is 10.1 Å². The number of hydrogen-bond donors (Lipinski definition) is 1. The van der Waals surface area contributed by atoms with Gasteiger partial charge in [0.05, 0.1) is 18.1 Å². The highest BCUT2D eigenvalue weighted by Crippen LogP contribution is 2.31. The zero-order chi connectivity index (χ0) is 14.7. The lowest BCUT2D eigenvalue weighted by Gasteiger charge is -2.35. The number of anilines is 1. The van der Waals surface area contributed by atoms with Crippen molar-refractivity contribution in [3.8, 4) is 5.75 Å². The average Bonchev–Trinajstić information content (AvgIpc) is 2.46. The Morgan fingerprint density at radius 2 is 1.95 bits per heavy atom. The van der Waals surface area contributed by atoms with E-state index in [9.17, 15) is 10.1 Å². The van der Waals surface area contributed by atoms with Crippen LogP contribution < -0.4 is 15.4 Å². The largest absolute Gasteiger partial charge is 0.496 e. The summed E-state index contributed by atoms with van der Waals surface area (Å²) in [6.45, 7) is 0. The summed E-state index contributed by atoms with van der Waals surface area (Å²) < 4.78 is 5.15. The van der Waals surface area contributed by atoms with Crippen molar-refractivity contribution in [2.24, 2.45) is 5.73 Å². The van der Waals surface area contributed by atoms with E-state index >= 15 is 0 Å². The molecule has 1 aliphatic rings. The lowest BCUT2D eigenvalue weighted by Crippen LogP contribution is -2.38. The molecule has 0 bridgehead atoms. The minimum atomic E-state index is -0.392. The zero-order valence-corrected chi connectivity index (χ0v) is 11.9. The number of nitro benzene ring substituents is 1. The molecule has 0 saturated heterocycles. The van der Waals surface area contributed by atoms with Gasteiger partial charge >= 0.3 is 0 Å². The number of rotatable bonds is 4. The lowest BCUT2D eigenvalue weighted by atomic mass is 9.91. The summed E-state index contributed by atoms with van der Waals surface area (Å²) in [5.41, 5.74) is 6.79. The van der Waals surface area contributed by atoms with Gasteiger partial charge in [0.1, 0.15) is 5.75 Å². The fourth-order valence-electron chi connectivity index (χ4n) is 2.69. The standard InChI is InChI=1S/C14H21N3O3/c1-16(11-5-3-10(15)4-6-11)12-7-13(17(18)19)9-14(8-12)20-2/h7-11H,3-6,15H2,1-2H3. The molecule has 2 rings (SSSR count). The Bertz CT molecular complexity index is 485. The fraction of sp³-hybridized carbons (Fsp3) is 0.571. The van der Waals surface area contributed by atoms with E-state index in [2.05, 4.69) is 4.90 Å². The molecule has 110 valence electrons. The van der Waals surface area contributed by atoms with E-state index in [-0.39, 0.29) is 5.69 Å². The van der Waals surface area contributed by atoms with Gasteiger partial charge in [0.15, 0.2) is 0 Å². The lowest BCUT2D eigenvalue weighted by molar-refractivity contribution is -0.384. The van der Waals surface area contributed by atoms with Gasteiger partial charge in [-0.2, -0.15) is 0 Å². The van der Waals surface area contributed by atoms with Crippen molar-refractivity contribution in [3.63, 3.8) is 0 Å². The van der Waals surface area contributed by atoms with Crippen molar-refractivity contribution in [3.05, 3.63) is 28.3 Å². The molecule has 0 amide bonds. The van der Waals surface area contributed by atoms with Gasteiger partial charge < -0.3 is 15.4 Å². The number of nitrogens with zero attached hydrogens (tertiary/aromatic N) is 2. The maximum atomic E-state index is 11.0. The van der Waals surface area contributed by atoms with Crippen LogP contribution in [0.1, 0.15) is 25.7 Å². The van der Waals surface area contributed by atoms with Crippen LogP contribution in [-0.4, -0.2) is 31.2 Å². The van der Waals surface area contributed by atoms with E-state index in [1.54, 1.807) is 6.07 Å². The van der Waals surface area contributed by atoms with Crippen LogP contribution in [0.25, 0.3) is 0 Å². The molecule has 0 unspecified atom stereocenters. The molecule has 0 atom stereocenters. The Morgan fingerprint density at radius 1 is 1.30 bits per heavy atom. The molecular formula is C14H21N3O3. The molecule has 0 aromatic heterocycles. The maximum absolute atomic E-state index is 11.0. The first-order valence-electron chi connectivity index (χ1n) is 6.83. The summed E-state index contributed by atoms with van der Waals surface area (Å²) in [6, 6.07) is 5.54. The van der Waals surface area contributed by atoms with E-state index < -0.39 is 4.92 Å². The quantitative estimate of drug-likeness (QED) is 0.675. The highest BCUT2D eigenvalue weighted by Gasteiger charge is 2.23. The summed E-state index contributed by atoms with van der Waals surface area (Å²) in [5, 5.41) is 11.0. The number of hydrogen-bond acceptors (Lipinski definition) is 5. The molecule has 1 aliphatic carbocycles. The number of methoxy groups -OCH3 is 1. The molecule has 0 spiro atoms. The fourth-order valence-corrected chi connectivity index (χ4v) is 2.69. The van der Waals surface area contributed by atoms with Crippen molar-refractivity contribution < 1.29 is 9.66 Å². The first-order valence-corrected chi connectivity index (χ1v) is 6.83. The van der Waals surface area contributed by atoms with Gasteiger partial charge in [-0.05, 0) is 25.7 Å². The van der Waals surface area contributed by atoms with Gasteiger partial charge in [-0.15, -0.1) is 0 Å². The molecule has 20 heavy (non-hydrogen) atoms. The summed E-state index contributed by atoms with van der Waals surface area (Å²) >= 11 is 0. The Labute approximate surface area is 118 Å². The summed E-state index contributed by atoms with van der Waals surface area (Å²) in [7, 11) is 3.49. The third kappa shape index (κ3) is 3.19. The minimum absolute atomic E-state index is 0.0544. The van der Waals surface area contributed by atoms with Crippen molar-refractivity contribution in [1.29, 1.82) is 0 Å².